The van der Waals surface area contributed by atoms with E-state index in [0.29, 0.717) is 5.41 Å². The van der Waals surface area contributed by atoms with Crippen LogP contribution in [0.15, 0.2) is 30.3 Å². The zero-order valence-corrected chi connectivity index (χ0v) is 8.97. The monoisotopic (exact) mass is 208 g/mol. The average molecular weight is 208 g/mol. The first-order valence-electron chi connectivity index (χ1n) is 4.90. The van der Waals surface area contributed by atoms with E-state index < -0.39 is 6.16 Å². The Balaban J connectivity index is 0.000000245. The topological polar surface area (TPSA) is 57.5 Å². The van der Waals surface area contributed by atoms with Crippen LogP contribution in [0.5, 0.6) is 0 Å². The van der Waals surface area contributed by atoms with Crippen molar-refractivity contribution in [2.24, 2.45) is 5.41 Å². The average Bonchev–Trinajstić information content (AvgIpc) is 2.76. The Labute approximate surface area is 89.4 Å². The minimum absolute atomic E-state index is 0.571. The fraction of sp³-hybridized carbons (Fsp3) is 0.417. The van der Waals surface area contributed by atoms with Gasteiger partial charge in [0.05, 0.1) is 0 Å². The van der Waals surface area contributed by atoms with E-state index in [2.05, 4.69) is 44.2 Å². The van der Waals surface area contributed by atoms with E-state index in [1.54, 1.807) is 0 Å². The minimum atomic E-state index is -1.83. The van der Waals surface area contributed by atoms with E-state index in [4.69, 9.17) is 15.0 Å². The van der Waals surface area contributed by atoms with Crippen LogP contribution in [0.25, 0.3) is 0 Å². The predicted octanol–water partition coefficient (Wildman–Crippen LogP) is 3.42. The Morgan fingerprint density at radius 3 is 2.00 bits per heavy atom. The second-order valence-electron chi connectivity index (χ2n) is 4.44. The number of rotatable bonds is 1. The molecule has 0 amide bonds. The minimum Gasteiger partial charge on any atom is -0.450 e. The lowest BCUT2D eigenvalue weighted by atomic mass is 10.0. The van der Waals surface area contributed by atoms with Crippen LogP contribution in [0.1, 0.15) is 31.7 Å². The Hall–Kier alpha value is -1.51. The number of carbonyl (C=O) groups is 1. The maximum absolute atomic E-state index is 8.56. The van der Waals surface area contributed by atoms with Gasteiger partial charge < -0.3 is 10.2 Å². The predicted molar refractivity (Wildman–Crippen MR) is 58.2 cm³/mol. The molecule has 2 rings (SSSR count). The fourth-order valence-corrected chi connectivity index (χ4v) is 1.72. The first-order valence-corrected chi connectivity index (χ1v) is 4.90. The number of benzene rings is 1. The van der Waals surface area contributed by atoms with E-state index in [0.717, 1.165) is 5.92 Å². The quantitative estimate of drug-likeness (QED) is 0.743. The van der Waals surface area contributed by atoms with Crippen molar-refractivity contribution in [2.45, 2.75) is 26.2 Å². The molecule has 0 radical (unpaired) electrons. The van der Waals surface area contributed by atoms with E-state index in [9.17, 15) is 0 Å². The number of hydrogen-bond donors (Lipinski definition) is 2. The van der Waals surface area contributed by atoms with Gasteiger partial charge in [-0.05, 0) is 23.3 Å². The molecule has 0 saturated heterocycles. The molecule has 0 aromatic heterocycles. The van der Waals surface area contributed by atoms with Crippen molar-refractivity contribution < 1.29 is 15.0 Å². The smallest absolute Gasteiger partial charge is 0.450 e. The third-order valence-corrected chi connectivity index (χ3v) is 2.72. The largest absolute Gasteiger partial charge is 0.503 e. The lowest BCUT2D eigenvalue weighted by molar-refractivity contribution is 0.137. The summed E-state index contributed by atoms with van der Waals surface area (Å²) in [6.07, 6.45) is -0.475. The first-order chi connectivity index (χ1) is 6.93. The van der Waals surface area contributed by atoms with E-state index in [1.165, 1.54) is 12.0 Å². The van der Waals surface area contributed by atoms with Crippen LogP contribution >= 0.6 is 0 Å². The molecule has 3 heteroatoms. The summed E-state index contributed by atoms with van der Waals surface area (Å²) < 4.78 is 0. The molecule has 0 aliphatic heterocycles. The Morgan fingerprint density at radius 1 is 1.27 bits per heavy atom. The van der Waals surface area contributed by atoms with E-state index in [-0.39, 0.29) is 0 Å². The van der Waals surface area contributed by atoms with Gasteiger partial charge in [-0.1, -0.05) is 44.2 Å². The highest BCUT2D eigenvalue weighted by Crippen LogP contribution is 2.58. The summed E-state index contributed by atoms with van der Waals surface area (Å²) in [5.74, 6) is 0.823. The van der Waals surface area contributed by atoms with Gasteiger partial charge in [0.15, 0.2) is 0 Å². The molecule has 1 fully saturated rings. The van der Waals surface area contributed by atoms with Crippen LogP contribution in [0, 0.1) is 5.41 Å². The molecule has 1 atom stereocenters. The van der Waals surface area contributed by atoms with Crippen molar-refractivity contribution in [3.8, 4) is 0 Å². The van der Waals surface area contributed by atoms with Crippen molar-refractivity contribution in [3.63, 3.8) is 0 Å². The SMILES string of the molecule is CC1(C)CC1c1ccccc1.O=C(O)O. The fourth-order valence-electron chi connectivity index (χ4n) is 1.72. The maximum atomic E-state index is 8.56. The summed E-state index contributed by atoms with van der Waals surface area (Å²) in [4.78, 5) is 8.56. The standard InChI is InChI=1S/C11H14.CH2O3/c1-11(2)8-10(11)9-6-4-3-5-7-9;2-1(3)4/h3-7,10H,8H2,1-2H3;(H2,2,3,4). The molecule has 0 bridgehead atoms. The molecule has 2 N–H and O–H groups in total. The van der Waals surface area contributed by atoms with Crippen molar-refractivity contribution in [3.05, 3.63) is 35.9 Å². The van der Waals surface area contributed by atoms with Gasteiger partial charge >= 0.3 is 6.16 Å². The Kier molecular flexibility index (Phi) is 3.35. The van der Waals surface area contributed by atoms with Crippen molar-refractivity contribution in [2.75, 3.05) is 0 Å². The zero-order valence-electron chi connectivity index (χ0n) is 8.97. The summed E-state index contributed by atoms with van der Waals surface area (Å²) in [6, 6.07) is 10.8. The molecular formula is C12H16O3. The molecule has 1 aliphatic rings. The molecule has 0 spiro atoms. The lowest BCUT2D eigenvalue weighted by Gasteiger charge is -2.01. The van der Waals surface area contributed by atoms with Gasteiger partial charge in [-0.2, -0.15) is 0 Å². The molecule has 1 saturated carbocycles. The van der Waals surface area contributed by atoms with Crippen LogP contribution < -0.4 is 0 Å². The molecule has 1 aliphatic carbocycles. The van der Waals surface area contributed by atoms with Crippen molar-refractivity contribution >= 4 is 6.16 Å². The summed E-state index contributed by atoms with van der Waals surface area (Å²) in [7, 11) is 0. The zero-order chi connectivity index (χ0) is 11.5. The van der Waals surface area contributed by atoms with Gasteiger partial charge in [0.25, 0.3) is 0 Å². The normalized spacial score (nSPS) is 21.1. The Morgan fingerprint density at radius 2 is 1.67 bits per heavy atom. The molecule has 82 valence electrons. The van der Waals surface area contributed by atoms with Crippen molar-refractivity contribution in [1.82, 2.24) is 0 Å². The van der Waals surface area contributed by atoms with Gasteiger partial charge in [0, 0.05) is 0 Å². The molecular weight excluding hydrogens is 192 g/mol. The van der Waals surface area contributed by atoms with E-state index >= 15 is 0 Å². The molecule has 0 heterocycles. The lowest BCUT2D eigenvalue weighted by Crippen LogP contribution is -1.88. The molecule has 15 heavy (non-hydrogen) atoms. The summed E-state index contributed by atoms with van der Waals surface area (Å²) in [5, 5.41) is 13.9. The highest BCUT2D eigenvalue weighted by Gasteiger charge is 2.46. The van der Waals surface area contributed by atoms with Crippen LogP contribution in [0.3, 0.4) is 0 Å². The van der Waals surface area contributed by atoms with Crippen molar-refractivity contribution in [1.29, 1.82) is 0 Å². The van der Waals surface area contributed by atoms with Gasteiger partial charge in [-0.15, -0.1) is 0 Å². The van der Waals surface area contributed by atoms with Crippen LogP contribution in [0.4, 0.5) is 4.79 Å². The highest BCUT2D eigenvalue weighted by molar-refractivity contribution is 5.53. The third kappa shape index (κ3) is 3.62. The molecule has 1 unspecified atom stereocenters. The highest BCUT2D eigenvalue weighted by atomic mass is 16.6. The second-order valence-corrected chi connectivity index (χ2v) is 4.44. The van der Waals surface area contributed by atoms with E-state index in [1.807, 2.05) is 0 Å². The van der Waals surface area contributed by atoms with Crippen LogP contribution in [-0.4, -0.2) is 16.4 Å². The Bertz CT molecular complexity index is 326. The van der Waals surface area contributed by atoms with Gasteiger partial charge in [0.1, 0.15) is 0 Å². The molecule has 1 aromatic carbocycles. The summed E-state index contributed by atoms with van der Waals surface area (Å²) in [5.41, 5.74) is 2.08. The first kappa shape index (κ1) is 11.6. The summed E-state index contributed by atoms with van der Waals surface area (Å²) >= 11 is 0. The van der Waals surface area contributed by atoms with Gasteiger partial charge in [-0.3, -0.25) is 0 Å². The summed E-state index contributed by atoms with van der Waals surface area (Å²) in [6.45, 7) is 4.68. The molecule has 1 aromatic rings. The van der Waals surface area contributed by atoms with Crippen LogP contribution in [-0.2, 0) is 0 Å². The number of carboxylic acid groups (broad SMARTS) is 2. The van der Waals surface area contributed by atoms with Gasteiger partial charge in [0.2, 0.25) is 0 Å². The van der Waals surface area contributed by atoms with Crippen LogP contribution in [0.2, 0.25) is 0 Å². The maximum Gasteiger partial charge on any atom is 0.503 e. The van der Waals surface area contributed by atoms with Gasteiger partial charge in [-0.25, -0.2) is 4.79 Å². The number of hydrogen-bond acceptors (Lipinski definition) is 1. The third-order valence-electron chi connectivity index (χ3n) is 2.72. The molecule has 3 nitrogen and oxygen atoms in total. The second kappa shape index (κ2) is 4.34.